The number of pyridine rings is 2. The van der Waals surface area contributed by atoms with E-state index in [0.717, 1.165) is 60.6 Å². The molecule has 1 aliphatic rings. The lowest BCUT2D eigenvalue weighted by Crippen LogP contribution is -2.43. The molecule has 1 N–H and O–H groups in total. The third-order valence-corrected chi connectivity index (χ3v) is 6.27. The molecule has 0 saturated carbocycles. The summed E-state index contributed by atoms with van der Waals surface area (Å²) in [4.78, 5) is 25.0. The molecule has 6 heteroatoms. The first kappa shape index (κ1) is 22.2. The van der Waals surface area contributed by atoms with Gasteiger partial charge in [-0.25, -0.2) is 4.98 Å². The average molecular weight is 453 g/mol. The number of fused-ring (bicyclic) bond motifs is 1. The van der Waals surface area contributed by atoms with Crippen LogP contribution in [0.1, 0.15) is 27.5 Å². The van der Waals surface area contributed by atoms with Crippen molar-refractivity contribution in [2.45, 2.75) is 13.0 Å². The van der Waals surface area contributed by atoms with Crippen molar-refractivity contribution < 1.29 is 9.53 Å². The molecule has 4 aromatic rings. The molecule has 1 atom stereocenters. The largest absolute Gasteiger partial charge is 0.379 e. The van der Waals surface area contributed by atoms with Gasteiger partial charge in [-0.2, -0.15) is 0 Å². The van der Waals surface area contributed by atoms with Crippen LogP contribution < -0.4 is 5.32 Å². The minimum absolute atomic E-state index is 0.104. The van der Waals surface area contributed by atoms with E-state index < -0.39 is 0 Å². The van der Waals surface area contributed by atoms with Crippen molar-refractivity contribution >= 4 is 16.8 Å². The smallest absolute Gasteiger partial charge is 0.252 e. The summed E-state index contributed by atoms with van der Waals surface area (Å²) >= 11 is 0. The highest BCUT2D eigenvalue weighted by atomic mass is 16.5. The normalized spacial score (nSPS) is 15.2. The Hall–Kier alpha value is -3.61. The first-order valence-electron chi connectivity index (χ1n) is 11.6. The molecule has 2 aromatic heterocycles. The molecule has 0 bridgehead atoms. The minimum Gasteiger partial charge on any atom is -0.379 e. The van der Waals surface area contributed by atoms with E-state index in [2.05, 4.69) is 46.4 Å². The van der Waals surface area contributed by atoms with Crippen molar-refractivity contribution in [2.24, 2.45) is 0 Å². The van der Waals surface area contributed by atoms with E-state index in [9.17, 15) is 4.79 Å². The number of para-hydroxylation sites is 1. The fraction of sp³-hybridized carbons (Fsp3) is 0.250. The molecule has 0 radical (unpaired) electrons. The molecular weight excluding hydrogens is 424 g/mol. The van der Waals surface area contributed by atoms with Gasteiger partial charge < -0.3 is 10.1 Å². The summed E-state index contributed by atoms with van der Waals surface area (Å²) in [5.41, 5.74) is 5.39. The van der Waals surface area contributed by atoms with E-state index in [-0.39, 0.29) is 11.9 Å². The Morgan fingerprint density at radius 1 is 1.03 bits per heavy atom. The predicted octanol–water partition coefficient (Wildman–Crippen LogP) is 4.41. The van der Waals surface area contributed by atoms with Crippen molar-refractivity contribution in [2.75, 3.05) is 32.8 Å². The Bertz CT molecular complexity index is 1270. The Labute approximate surface area is 199 Å². The van der Waals surface area contributed by atoms with Crippen LogP contribution in [0.2, 0.25) is 0 Å². The van der Waals surface area contributed by atoms with Crippen LogP contribution in [-0.4, -0.2) is 53.6 Å². The minimum atomic E-state index is -0.137. The van der Waals surface area contributed by atoms with Gasteiger partial charge >= 0.3 is 0 Å². The lowest BCUT2D eigenvalue weighted by atomic mass is 10.0. The fourth-order valence-corrected chi connectivity index (χ4v) is 4.34. The predicted molar refractivity (Wildman–Crippen MR) is 134 cm³/mol. The first-order valence-corrected chi connectivity index (χ1v) is 11.6. The number of benzene rings is 2. The number of nitrogens with one attached hydrogen (secondary N) is 1. The summed E-state index contributed by atoms with van der Waals surface area (Å²) in [6, 6.07) is 21.8. The summed E-state index contributed by atoms with van der Waals surface area (Å²) in [6.45, 7) is 5.98. The number of nitrogens with zero attached hydrogens (tertiary/aromatic N) is 3. The molecule has 2 aromatic carbocycles. The summed E-state index contributed by atoms with van der Waals surface area (Å²) in [5, 5.41) is 4.17. The Morgan fingerprint density at radius 2 is 1.76 bits per heavy atom. The van der Waals surface area contributed by atoms with Gasteiger partial charge in [0.1, 0.15) is 0 Å². The Balaban J connectivity index is 1.50. The zero-order chi connectivity index (χ0) is 23.3. The van der Waals surface area contributed by atoms with Crippen LogP contribution in [0.25, 0.3) is 22.2 Å². The maximum Gasteiger partial charge on any atom is 0.252 e. The zero-order valence-corrected chi connectivity index (χ0v) is 19.3. The number of ether oxygens (including phenoxy) is 1. The molecule has 3 heterocycles. The highest BCUT2D eigenvalue weighted by Gasteiger charge is 2.22. The van der Waals surface area contributed by atoms with Gasteiger partial charge in [-0.3, -0.25) is 14.7 Å². The van der Waals surface area contributed by atoms with Crippen LogP contribution in [0.3, 0.4) is 0 Å². The topological polar surface area (TPSA) is 67.3 Å². The van der Waals surface area contributed by atoms with Crippen molar-refractivity contribution in [1.82, 2.24) is 20.2 Å². The third kappa shape index (κ3) is 4.98. The molecular formula is C28H28N4O2. The third-order valence-electron chi connectivity index (χ3n) is 6.27. The highest BCUT2D eigenvalue weighted by Crippen LogP contribution is 2.26. The lowest BCUT2D eigenvalue weighted by Gasteiger charge is -2.31. The molecule has 5 rings (SSSR count). The number of aryl methyl sites for hydroxylation is 1. The van der Waals surface area contributed by atoms with Crippen LogP contribution in [0.5, 0.6) is 0 Å². The van der Waals surface area contributed by atoms with Gasteiger partial charge in [-0.05, 0) is 36.8 Å². The van der Waals surface area contributed by atoms with Crippen molar-refractivity contribution in [1.29, 1.82) is 0 Å². The van der Waals surface area contributed by atoms with E-state index in [4.69, 9.17) is 9.72 Å². The number of morpholine rings is 1. The van der Waals surface area contributed by atoms with E-state index >= 15 is 0 Å². The van der Waals surface area contributed by atoms with Crippen molar-refractivity contribution in [3.8, 4) is 11.3 Å². The van der Waals surface area contributed by atoms with Gasteiger partial charge in [-0.1, -0.05) is 48.0 Å². The number of hydrogen-bond acceptors (Lipinski definition) is 5. The number of amides is 1. The SMILES string of the molecule is Cc1ccc(C(CN2CCOCC2)NC(=O)c2cc(-c3ccncc3)nc3ccccc23)cc1. The second-order valence-corrected chi connectivity index (χ2v) is 8.66. The van der Waals surface area contributed by atoms with Gasteiger partial charge in [0.05, 0.1) is 36.0 Å². The summed E-state index contributed by atoms with van der Waals surface area (Å²) in [5.74, 6) is -0.104. The molecule has 1 unspecified atom stereocenters. The van der Waals surface area contributed by atoms with Crippen LogP contribution >= 0.6 is 0 Å². The van der Waals surface area contributed by atoms with Gasteiger partial charge in [-0.15, -0.1) is 0 Å². The van der Waals surface area contributed by atoms with E-state index in [1.165, 1.54) is 5.56 Å². The first-order chi connectivity index (χ1) is 16.7. The molecule has 1 amide bonds. The van der Waals surface area contributed by atoms with E-state index in [1.807, 2.05) is 42.5 Å². The molecule has 0 spiro atoms. The monoisotopic (exact) mass is 452 g/mol. The summed E-state index contributed by atoms with van der Waals surface area (Å²) < 4.78 is 5.52. The van der Waals surface area contributed by atoms with Crippen molar-refractivity contribution in [3.05, 3.63) is 95.8 Å². The van der Waals surface area contributed by atoms with Crippen LogP contribution in [-0.2, 0) is 4.74 Å². The molecule has 172 valence electrons. The second-order valence-electron chi connectivity index (χ2n) is 8.66. The fourth-order valence-electron chi connectivity index (χ4n) is 4.34. The Kier molecular flexibility index (Phi) is 6.60. The lowest BCUT2D eigenvalue weighted by molar-refractivity contribution is 0.0332. The number of carbonyl (C=O) groups excluding carboxylic acids is 1. The van der Waals surface area contributed by atoms with Gasteiger partial charge in [0.2, 0.25) is 0 Å². The standard InChI is InChI=1S/C28H28N4O2/c1-20-6-8-21(9-7-20)27(19-32-14-16-34-17-15-32)31-28(33)24-18-26(22-10-12-29-13-11-22)30-25-5-3-2-4-23(24)25/h2-13,18,27H,14-17,19H2,1H3,(H,31,33). The second kappa shape index (κ2) is 10.1. The van der Waals surface area contributed by atoms with E-state index in [1.54, 1.807) is 12.4 Å². The molecule has 1 aliphatic heterocycles. The van der Waals surface area contributed by atoms with Gasteiger partial charge in [0.15, 0.2) is 0 Å². The quantitative estimate of drug-likeness (QED) is 0.469. The number of rotatable bonds is 6. The Morgan fingerprint density at radius 3 is 2.53 bits per heavy atom. The van der Waals surface area contributed by atoms with Crippen LogP contribution in [0.15, 0.2) is 79.1 Å². The van der Waals surface area contributed by atoms with Crippen molar-refractivity contribution in [3.63, 3.8) is 0 Å². The van der Waals surface area contributed by atoms with Crippen LogP contribution in [0.4, 0.5) is 0 Å². The number of carbonyl (C=O) groups is 1. The average Bonchev–Trinajstić information content (AvgIpc) is 2.89. The molecule has 6 nitrogen and oxygen atoms in total. The molecule has 0 aliphatic carbocycles. The zero-order valence-electron chi connectivity index (χ0n) is 19.3. The van der Waals surface area contributed by atoms with Gasteiger partial charge in [0.25, 0.3) is 5.91 Å². The summed E-state index contributed by atoms with van der Waals surface area (Å²) in [6.07, 6.45) is 3.48. The van der Waals surface area contributed by atoms with Gasteiger partial charge in [0, 0.05) is 43.0 Å². The molecule has 1 saturated heterocycles. The maximum atomic E-state index is 13.7. The molecule has 34 heavy (non-hydrogen) atoms. The number of aromatic nitrogens is 2. The number of hydrogen-bond donors (Lipinski definition) is 1. The molecule has 1 fully saturated rings. The highest BCUT2D eigenvalue weighted by molar-refractivity contribution is 6.07. The summed E-state index contributed by atoms with van der Waals surface area (Å²) in [7, 11) is 0. The van der Waals surface area contributed by atoms with E-state index in [0.29, 0.717) is 5.56 Å². The maximum absolute atomic E-state index is 13.7. The van der Waals surface area contributed by atoms with Crippen LogP contribution in [0, 0.1) is 6.92 Å².